The SMILES string of the molecule is CC(CNS(=O)(=O)C(C)C)c1ccc(C#CCCCNC(=O)OC(C)(C)C)cc1. The molecular formula is C22H34N2O4S. The minimum absolute atomic E-state index is 0.0736. The van der Waals surface area contributed by atoms with Crippen LogP contribution in [0.2, 0.25) is 0 Å². The van der Waals surface area contributed by atoms with Crippen molar-refractivity contribution in [3.63, 3.8) is 0 Å². The molecule has 0 spiro atoms. The smallest absolute Gasteiger partial charge is 0.407 e. The van der Waals surface area contributed by atoms with Crippen molar-refractivity contribution in [2.24, 2.45) is 0 Å². The summed E-state index contributed by atoms with van der Waals surface area (Å²) in [6.07, 6.45) is 1.01. The molecule has 1 aromatic rings. The average Bonchev–Trinajstić information content (AvgIpc) is 2.61. The van der Waals surface area contributed by atoms with E-state index in [-0.39, 0.29) is 5.92 Å². The van der Waals surface area contributed by atoms with Gasteiger partial charge in [-0.25, -0.2) is 17.9 Å². The highest BCUT2D eigenvalue weighted by Gasteiger charge is 2.17. The van der Waals surface area contributed by atoms with Crippen LogP contribution in [0.5, 0.6) is 0 Å². The molecule has 0 bridgehead atoms. The van der Waals surface area contributed by atoms with Crippen molar-refractivity contribution in [3.8, 4) is 11.8 Å². The molecule has 0 saturated heterocycles. The number of sulfonamides is 1. The van der Waals surface area contributed by atoms with Crippen molar-refractivity contribution >= 4 is 16.1 Å². The lowest BCUT2D eigenvalue weighted by Crippen LogP contribution is -2.33. The summed E-state index contributed by atoms with van der Waals surface area (Å²) in [5, 5.41) is 2.27. The molecule has 6 nitrogen and oxygen atoms in total. The van der Waals surface area contributed by atoms with E-state index in [0.717, 1.165) is 17.5 Å². The van der Waals surface area contributed by atoms with Gasteiger partial charge in [-0.05, 0) is 64.7 Å². The van der Waals surface area contributed by atoms with E-state index in [4.69, 9.17) is 4.74 Å². The highest BCUT2D eigenvalue weighted by atomic mass is 32.2. The summed E-state index contributed by atoms with van der Waals surface area (Å²) < 4.78 is 31.5. The highest BCUT2D eigenvalue weighted by molar-refractivity contribution is 7.90. The molecule has 0 aromatic heterocycles. The Bertz CT molecular complexity index is 813. The molecule has 162 valence electrons. The van der Waals surface area contributed by atoms with Gasteiger partial charge in [0.1, 0.15) is 5.60 Å². The van der Waals surface area contributed by atoms with Crippen LogP contribution in [0.15, 0.2) is 24.3 Å². The van der Waals surface area contributed by atoms with Gasteiger partial charge in [-0.2, -0.15) is 0 Å². The molecule has 0 fully saturated rings. The number of unbranched alkanes of at least 4 members (excludes halogenated alkanes) is 1. The summed E-state index contributed by atoms with van der Waals surface area (Å²) in [5.41, 5.74) is 1.47. The zero-order chi connectivity index (χ0) is 22.1. The molecule has 0 radical (unpaired) electrons. The molecule has 7 heteroatoms. The molecule has 1 rings (SSSR count). The predicted octanol–water partition coefficient (Wildman–Crippen LogP) is 3.77. The van der Waals surface area contributed by atoms with E-state index in [1.54, 1.807) is 13.8 Å². The first-order valence-electron chi connectivity index (χ1n) is 9.95. The number of nitrogens with one attached hydrogen (secondary N) is 2. The zero-order valence-electron chi connectivity index (χ0n) is 18.3. The number of ether oxygens (including phenoxy) is 1. The molecule has 0 aliphatic carbocycles. The molecule has 1 aromatic carbocycles. The summed E-state index contributed by atoms with van der Waals surface area (Å²) in [4.78, 5) is 11.5. The van der Waals surface area contributed by atoms with Gasteiger partial charge in [0.25, 0.3) is 0 Å². The molecule has 1 unspecified atom stereocenters. The average molecular weight is 423 g/mol. The number of carbonyl (C=O) groups is 1. The van der Waals surface area contributed by atoms with E-state index in [1.165, 1.54) is 0 Å². The summed E-state index contributed by atoms with van der Waals surface area (Å²) in [7, 11) is -3.25. The quantitative estimate of drug-likeness (QED) is 0.493. The monoisotopic (exact) mass is 422 g/mol. The van der Waals surface area contributed by atoms with Crippen LogP contribution in [0.1, 0.15) is 71.4 Å². The molecule has 0 aliphatic heterocycles. The molecule has 0 aliphatic rings. The van der Waals surface area contributed by atoms with E-state index < -0.39 is 27.0 Å². The van der Waals surface area contributed by atoms with Gasteiger partial charge in [-0.1, -0.05) is 30.9 Å². The van der Waals surface area contributed by atoms with Crippen LogP contribution in [-0.2, 0) is 14.8 Å². The van der Waals surface area contributed by atoms with E-state index in [9.17, 15) is 13.2 Å². The van der Waals surface area contributed by atoms with Gasteiger partial charge in [0, 0.05) is 25.1 Å². The lowest BCUT2D eigenvalue weighted by atomic mass is 10.0. The standard InChI is InChI=1S/C22H34N2O4S/c1-17(2)29(26,27)24-16-18(3)20-13-11-19(12-14-20)10-8-7-9-15-23-21(25)28-22(4,5)6/h11-14,17-18,24H,7,9,15-16H2,1-6H3,(H,23,25). The number of amides is 1. The lowest BCUT2D eigenvalue weighted by Gasteiger charge is -2.19. The normalized spacial score (nSPS) is 12.8. The maximum atomic E-state index is 11.9. The third kappa shape index (κ3) is 10.3. The molecule has 1 amide bonds. The van der Waals surface area contributed by atoms with Crippen molar-refractivity contribution in [2.75, 3.05) is 13.1 Å². The van der Waals surface area contributed by atoms with Gasteiger partial charge in [-0.15, -0.1) is 0 Å². The Balaban J connectivity index is 2.41. The highest BCUT2D eigenvalue weighted by Crippen LogP contribution is 2.15. The predicted molar refractivity (Wildman–Crippen MR) is 117 cm³/mol. The second kappa shape index (κ2) is 11.2. The number of benzene rings is 1. The van der Waals surface area contributed by atoms with E-state index >= 15 is 0 Å². The van der Waals surface area contributed by atoms with Crippen LogP contribution in [0.25, 0.3) is 0 Å². The number of rotatable bonds is 8. The van der Waals surface area contributed by atoms with E-state index in [1.807, 2.05) is 52.0 Å². The first kappa shape index (κ1) is 25.0. The summed E-state index contributed by atoms with van der Waals surface area (Å²) in [5.74, 6) is 6.27. The third-order valence-electron chi connectivity index (χ3n) is 4.07. The fraction of sp³-hybridized carbons (Fsp3) is 0.591. The van der Waals surface area contributed by atoms with Crippen molar-refractivity contribution in [1.29, 1.82) is 0 Å². The molecular weight excluding hydrogens is 388 g/mol. The first-order valence-corrected chi connectivity index (χ1v) is 11.5. The van der Waals surface area contributed by atoms with Crippen molar-refractivity contribution in [3.05, 3.63) is 35.4 Å². The van der Waals surface area contributed by atoms with Crippen LogP contribution in [-0.4, -0.2) is 38.5 Å². The summed E-state index contributed by atoms with van der Waals surface area (Å²) in [6.45, 7) is 11.7. The van der Waals surface area contributed by atoms with Gasteiger partial charge in [0.2, 0.25) is 10.0 Å². The minimum atomic E-state index is -3.25. The fourth-order valence-electron chi connectivity index (χ4n) is 2.27. The number of carbonyl (C=O) groups excluding carboxylic acids is 1. The summed E-state index contributed by atoms with van der Waals surface area (Å²) in [6, 6.07) is 7.83. The fourth-order valence-corrected chi connectivity index (χ4v) is 3.08. The minimum Gasteiger partial charge on any atom is -0.444 e. The van der Waals surface area contributed by atoms with E-state index in [0.29, 0.717) is 19.5 Å². The van der Waals surface area contributed by atoms with Crippen LogP contribution in [0.4, 0.5) is 4.79 Å². The molecule has 29 heavy (non-hydrogen) atoms. The largest absolute Gasteiger partial charge is 0.444 e. The van der Waals surface area contributed by atoms with Gasteiger partial charge < -0.3 is 10.1 Å². The van der Waals surface area contributed by atoms with Crippen LogP contribution in [0.3, 0.4) is 0 Å². The third-order valence-corrected chi connectivity index (χ3v) is 5.88. The Kier molecular flexibility index (Phi) is 9.67. The van der Waals surface area contributed by atoms with Crippen molar-refractivity contribution in [2.45, 2.75) is 71.2 Å². The number of hydrogen-bond acceptors (Lipinski definition) is 4. The Morgan fingerprint density at radius 1 is 1.14 bits per heavy atom. The van der Waals surface area contributed by atoms with Gasteiger partial charge in [0.05, 0.1) is 5.25 Å². The molecule has 0 saturated carbocycles. The maximum Gasteiger partial charge on any atom is 0.407 e. The Labute approximate surface area is 175 Å². The number of hydrogen-bond donors (Lipinski definition) is 2. The zero-order valence-corrected chi connectivity index (χ0v) is 19.2. The first-order chi connectivity index (χ1) is 13.4. The molecule has 2 N–H and O–H groups in total. The Morgan fingerprint density at radius 2 is 1.76 bits per heavy atom. The maximum absolute atomic E-state index is 11.9. The van der Waals surface area contributed by atoms with Crippen molar-refractivity contribution in [1.82, 2.24) is 10.0 Å². The van der Waals surface area contributed by atoms with Gasteiger partial charge >= 0.3 is 6.09 Å². The molecule has 1 atom stereocenters. The topological polar surface area (TPSA) is 84.5 Å². The second-order valence-corrected chi connectivity index (χ2v) is 10.6. The van der Waals surface area contributed by atoms with Crippen LogP contribution >= 0.6 is 0 Å². The Hall–Kier alpha value is -2.04. The van der Waals surface area contributed by atoms with Crippen LogP contribution < -0.4 is 10.0 Å². The summed E-state index contributed by atoms with van der Waals surface area (Å²) >= 11 is 0. The number of alkyl carbamates (subject to hydrolysis) is 1. The van der Waals surface area contributed by atoms with E-state index in [2.05, 4.69) is 21.9 Å². The van der Waals surface area contributed by atoms with Gasteiger partial charge in [-0.3, -0.25) is 0 Å². The lowest BCUT2D eigenvalue weighted by molar-refractivity contribution is 0.0527. The second-order valence-electron chi connectivity index (χ2n) is 8.30. The molecule has 0 heterocycles. The Morgan fingerprint density at radius 3 is 2.31 bits per heavy atom. The van der Waals surface area contributed by atoms with Crippen LogP contribution in [0, 0.1) is 11.8 Å². The van der Waals surface area contributed by atoms with Crippen molar-refractivity contribution < 1.29 is 17.9 Å². The van der Waals surface area contributed by atoms with Gasteiger partial charge in [0.15, 0.2) is 0 Å².